The Morgan fingerprint density at radius 1 is 1.04 bits per heavy atom. The van der Waals surface area contributed by atoms with Gasteiger partial charge in [0.25, 0.3) is 11.5 Å². The molecule has 2 atom stereocenters. The van der Waals surface area contributed by atoms with Crippen LogP contribution in [0.1, 0.15) is 22.0 Å². The summed E-state index contributed by atoms with van der Waals surface area (Å²) in [5.74, 6) is -0.680. The van der Waals surface area contributed by atoms with Crippen molar-refractivity contribution in [3.05, 3.63) is 79.9 Å². The molecule has 0 aliphatic carbocycles. The third-order valence-corrected chi connectivity index (χ3v) is 4.79. The van der Waals surface area contributed by atoms with Crippen molar-refractivity contribution in [2.75, 3.05) is 0 Å². The van der Waals surface area contributed by atoms with E-state index in [9.17, 15) is 25.0 Å². The number of carbonyl (C=O) groups is 1. The Morgan fingerprint density at radius 3 is 2.33 bits per heavy atom. The zero-order valence-corrected chi connectivity index (χ0v) is 13.5. The minimum atomic E-state index is -2.35. The van der Waals surface area contributed by atoms with E-state index in [4.69, 9.17) is 4.74 Å². The third kappa shape index (κ3) is 2.24. The molecule has 0 saturated heterocycles. The van der Waals surface area contributed by atoms with Gasteiger partial charge in [-0.2, -0.15) is 0 Å². The summed E-state index contributed by atoms with van der Waals surface area (Å²) in [6.07, 6.45) is -1.49. The molecule has 8 nitrogen and oxygen atoms in total. The van der Waals surface area contributed by atoms with Crippen LogP contribution >= 0.6 is 15.9 Å². The van der Waals surface area contributed by atoms with Gasteiger partial charge in [0.1, 0.15) is 5.75 Å². The molecule has 9 heteroatoms. The van der Waals surface area contributed by atoms with Gasteiger partial charge in [-0.15, -0.1) is 0 Å². The summed E-state index contributed by atoms with van der Waals surface area (Å²) in [5, 5.41) is 22.9. The van der Waals surface area contributed by atoms with Crippen LogP contribution in [0.3, 0.4) is 0 Å². The monoisotopic (exact) mass is 392 g/mol. The second kappa shape index (κ2) is 5.68. The van der Waals surface area contributed by atoms with E-state index in [1.165, 1.54) is 36.4 Å². The van der Waals surface area contributed by atoms with E-state index in [1.807, 2.05) is 0 Å². The number of ketones is 1. The van der Waals surface area contributed by atoms with E-state index < -0.39 is 26.2 Å². The van der Waals surface area contributed by atoms with Crippen LogP contribution in [0, 0.1) is 20.2 Å². The molecule has 3 rings (SSSR count). The number of rotatable bonds is 3. The summed E-state index contributed by atoms with van der Waals surface area (Å²) in [6.45, 7) is 0. The van der Waals surface area contributed by atoms with Gasteiger partial charge in [-0.3, -0.25) is 25.0 Å². The fraction of sp³-hybridized carbons (Fsp3) is 0.133. The summed E-state index contributed by atoms with van der Waals surface area (Å²) in [5.41, 5.74) is -0.375. The number of nitrogens with zero attached hydrogens (tertiary/aromatic N) is 2. The van der Waals surface area contributed by atoms with E-state index in [-0.39, 0.29) is 22.6 Å². The molecule has 0 bridgehead atoms. The number of nitro groups is 2. The van der Waals surface area contributed by atoms with Gasteiger partial charge in [0.05, 0.1) is 21.0 Å². The zero-order valence-electron chi connectivity index (χ0n) is 11.9. The molecule has 2 aromatic carbocycles. The lowest BCUT2D eigenvalue weighted by molar-refractivity contribution is -0.530. The van der Waals surface area contributed by atoms with Gasteiger partial charge in [-0.05, 0) is 18.2 Å². The predicted molar refractivity (Wildman–Crippen MR) is 85.9 cm³/mol. The number of fused-ring (bicyclic) bond motifs is 1. The fourth-order valence-electron chi connectivity index (χ4n) is 2.59. The lowest BCUT2D eigenvalue weighted by Gasteiger charge is -2.32. The minimum Gasteiger partial charge on any atom is -0.475 e. The van der Waals surface area contributed by atoms with Crippen LogP contribution in [0.2, 0.25) is 0 Å². The molecule has 1 heterocycles. The Hall–Kier alpha value is -2.81. The molecule has 2 aromatic rings. The SMILES string of the molecule is O=C1c2ccccc2O[C@H](c2ccccc2[N+](=O)[O-])[C@]1(Br)[N+](=O)[O-]. The fourth-order valence-corrected chi connectivity index (χ4v) is 3.15. The lowest BCUT2D eigenvalue weighted by Crippen LogP contribution is -2.50. The highest BCUT2D eigenvalue weighted by atomic mass is 79.9. The maximum Gasteiger partial charge on any atom is 0.376 e. The number of benzene rings is 2. The largest absolute Gasteiger partial charge is 0.475 e. The average molecular weight is 393 g/mol. The topological polar surface area (TPSA) is 113 Å². The number of ether oxygens (including phenoxy) is 1. The molecule has 0 aromatic heterocycles. The van der Waals surface area contributed by atoms with Gasteiger partial charge in [0.15, 0.2) is 0 Å². The van der Waals surface area contributed by atoms with Crippen LogP contribution in [0.25, 0.3) is 0 Å². The number of halogens is 1. The molecule has 0 fully saturated rings. The Bertz CT molecular complexity index is 871. The van der Waals surface area contributed by atoms with E-state index in [0.29, 0.717) is 0 Å². The summed E-state index contributed by atoms with van der Waals surface area (Å²) >= 11 is 2.89. The summed E-state index contributed by atoms with van der Waals surface area (Å²) in [4.78, 5) is 34.1. The van der Waals surface area contributed by atoms with Crippen molar-refractivity contribution >= 4 is 27.4 Å². The first kappa shape index (κ1) is 16.1. The Kier molecular flexibility index (Phi) is 3.80. The highest BCUT2D eigenvalue weighted by molar-refractivity contribution is 9.10. The lowest BCUT2D eigenvalue weighted by atomic mass is 9.91. The molecule has 0 spiro atoms. The number of Topliss-reactive ketones (excluding diaryl/α,β-unsaturated/α-hetero) is 1. The van der Waals surface area contributed by atoms with Crippen molar-refractivity contribution in [1.82, 2.24) is 0 Å². The quantitative estimate of drug-likeness (QED) is 0.342. The summed E-state index contributed by atoms with van der Waals surface area (Å²) < 4.78 is 3.29. The first-order valence-electron chi connectivity index (χ1n) is 6.74. The molecule has 0 unspecified atom stereocenters. The number of alkyl halides is 1. The Balaban J connectivity index is 2.25. The Labute approximate surface area is 143 Å². The van der Waals surface area contributed by atoms with Gasteiger partial charge in [0, 0.05) is 22.0 Å². The van der Waals surface area contributed by atoms with E-state index in [2.05, 4.69) is 15.9 Å². The molecule has 0 saturated carbocycles. The van der Waals surface area contributed by atoms with Crippen LogP contribution in [0.5, 0.6) is 5.75 Å². The number of para-hydroxylation sites is 2. The number of nitro benzene ring substituents is 1. The molecule has 1 aliphatic heterocycles. The van der Waals surface area contributed by atoms with E-state index >= 15 is 0 Å². The molecule has 0 amide bonds. The molecular formula is C15H9BrN2O6. The Morgan fingerprint density at radius 2 is 1.67 bits per heavy atom. The molecule has 0 radical (unpaired) electrons. The average Bonchev–Trinajstić information content (AvgIpc) is 2.58. The van der Waals surface area contributed by atoms with Crippen molar-refractivity contribution in [2.24, 2.45) is 0 Å². The number of carbonyl (C=O) groups excluding carboxylic acids is 1. The zero-order chi connectivity index (χ0) is 17.5. The van der Waals surface area contributed by atoms with Crippen LogP contribution < -0.4 is 4.74 Å². The number of hydrogen-bond acceptors (Lipinski definition) is 6. The molecule has 24 heavy (non-hydrogen) atoms. The molecule has 0 N–H and O–H groups in total. The van der Waals surface area contributed by atoms with Crippen LogP contribution in [0.4, 0.5) is 5.69 Å². The third-order valence-electron chi connectivity index (χ3n) is 3.72. The van der Waals surface area contributed by atoms with Crippen molar-refractivity contribution in [3.63, 3.8) is 0 Å². The van der Waals surface area contributed by atoms with Crippen LogP contribution in [0.15, 0.2) is 48.5 Å². The minimum absolute atomic E-state index is 0.0425. The predicted octanol–water partition coefficient (Wildman–Crippen LogP) is 3.28. The van der Waals surface area contributed by atoms with E-state index in [1.54, 1.807) is 12.1 Å². The van der Waals surface area contributed by atoms with Crippen molar-refractivity contribution in [3.8, 4) is 5.75 Å². The maximum absolute atomic E-state index is 12.7. The van der Waals surface area contributed by atoms with Crippen LogP contribution in [-0.2, 0) is 0 Å². The standard InChI is InChI=1S/C15H9BrN2O6/c16-15(18(22)23)13(19)10-6-2-4-8-12(10)24-14(15)9-5-1-3-7-11(9)17(20)21/h1-8,14H/t14-,15-/m1/s1. The van der Waals surface area contributed by atoms with Gasteiger partial charge < -0.3 is 4.74 Å². The van der Waals surface area contributed by atoms with Gasteiger partial charge >= 0.3 is 4.45 Å². The molecule has 122 valence electrons. The van der Waals surface area contributed by atoms with Crippen molar-refractivity contribution < 1.29 is 19.4 Å². The van der Waals surface area contributed by atoms with E-state index in [0.717, 1.165) is 0 Å². The first-order valence-corrected chi connectivity index (χ1v) is 7.54. The van der Waals surface area contributed by atoms with Gasteiger partial charge in [-0.25, -0.2) is 0 Å². The maximum atomic E-state index is 12.7. The normalized spacial score (nSPS) is 22.4. The van der Waals surface area contributed by atoms with Gasteiger partial charge in [-0.1, -0.05) is 24.3 Å². The van der Waals surface area contributed by atoms with Crippen molar-refractivity contribution in [1.29, 1.82) is 0 Å². The number of hydrogen-bond donors (Lipinski definition) is 0. The summed E-state index contributed by atoms with van der Waals surface area (Å²) in [7, 11) is 0. The second-order valence-corrected chi connectivity index (χ2v) is 6.28. The highest BCUT2D eigenvalue weighted by Gasteiger charge is 2.62. The smallest absolute Gasteiger partial charge is 0.376 e. The van der Waals surface area contributed by atoms with Gasteiger partial charge in [0.2, 0.25) is 6.10 Å². The molecular weight excluding hydrogens is 384 g/mol. The molecule has 1 aliphatic rings. The van der Waals surface area contributed by atoms with Crippen molar-refractivity contribution in [2.45, 2.75) is 10.6 Å². The van der Waals surface area contributed by atoms with Crippen LogP contribution in [-0.4, -0.2) is 20.1 Å². The first-order chi connectivity index (χ1) is 11.4. The summed E-state index contributed by atoms with van der Waals surface area (Å²) in [6, 6.07) is 11.5. The highest BCUT2D eigenvalue weighted by Crippen LogP contribution is 2.48. The second-order valence-electron chi connectivity index (χ2n) is 5.07.